The molecule has 0 bridgehead atoms. The molecule has 0 radical (unpaired) electrons. The predicted octanol–water partition coefficient (Wildman–Crippen LogP) is 4.21. The van der Waals surface area contributed by atoms with Crippen molar-refractivity contribution in [3.05, 3.63) is 65.9 Å². The van der Waals surface area contributed by atoms with Gasteiger partial charge in [0.2, 0.25) is 11.8 Å². The molecule has 2 heterocycles. The lowest BCUT2D eigenvalue weighted by Crippen LogP contribution is -2.40. The Morgan fingerprint density at radius 2 is 1.91 bits per heavy atom. The first-order chi connectivity index (χ1) is 15.7. The number of nitrogens with zero attached hydrogens (tertiary/aromatic N) is 1. The second kappa shape index (κ2) is 7.51. The molecular formula is C23H19F2N3O4S. The first-order valence-corrected chi connectivity index (χ1v) is 11.7. The van der Waals surface area contributed by atoms with E-state index in [0.29, 0.717) is 47.2 Å². The van der Waals surface area contributed by atoms with E-state index in [1.807, 2.05) is 0 Å². The number of amides is 1. The Bertz CT molecular complexity index is 1390. The summed E-state index contributed by atoms with van der Waals surface area (Å²) in [4.78, 5) is 16.4. The highest BCUT2D eigenvalue weighted by molar-refractivity contribution is 7.92. The Labute approximate surface area is 188 Å². The Hall–Kier alpha value is -3.53. The number of benzene rings is 2. The Balaban J connectivity index is 1.63. The van der Waals surface area contributed by atoms with Crippen LogP contribution in [0.1, 0.15) is 24.8 Å². The summed E-state index contributed by atoms with van der Waals surface area (Å²) in [6, 6.07) is 8.82. The molecule has 0 unspecified atom stereocenters. The summed E-state index contributed by atoms with van der Waals surface area (Å²) in [5.74, 6) is -1.81. The fourth-order valence-corrected chi connectivity index (χ4v) is 5.49. The van der Waals surface area contributed by atoms with Gasteiger partial charge in [-0.1, -0.05) is 6.42 Å². The molecule has 1 spiro atoms. The summed E-state index contributed by atoms with van der Waals surface area (Å²) in [7, 11) is -2.87. The van der Waals surface area contributed by atoms with E-state index < -0.39 is 32.0 Å². The van der Waals surface area contributed by atoms with Gasteiger partial charge in [-0.2, -0.15) is 0 Å². The highest BCUT2D eigenvalue weighted by atomic mass is 32.2. The third-order valence-electron chi connectivity index (χ3n) is 6.23. The van der Waals surface area contributed by atoms with Gasteiger partial charge >= 0.3 is 0 Å². The standard InChI is InChI=1S/C23H19F2N3O4S/c1-32-20-6-3-13(12-26-20)16-10-15(11-17-21(16)27-22(29)23(17)7-2-8-23)28-33(30,31)19-5-4-14(24)9-18(19)25/h3-6,9-12,28H,2,7-8H2,1H3,(H,27,29). The van der Waals surface area contributed by atoms with Gasteiger partial charge in [-0.15, -0.1) is 0 Å². The van der Waals surface area contributed by atoms with Crippen LogP contribution in [0.5, 0.6) is 5.88 Å². The fourth-order valence-electron chi connectivity index (χ4n) is 4.39. The number of nitrogens with one attached hydrogen (secondary N) is 2. The fraction of sp³-hybridized carbons (Fsp3) is 0.217. The quantitative estimate of drug-likeness (QED) is 0.581. The Kier molecular flexibility index (Phi) is 4.86. The van der Waals surface area contributed by atoms with Gasteiger partial charge in [0.05, 0.1) is 18.2 Å². The van der Waals surface area contributed by atoms with Crippen LogP contribution in [0.25, 0.3) is 11.1 Å². The maximum Gasteiger partial charge on any atom is 0.264 e. The number of methoxy groups -OCH3 is 1. The van der Waals surface area contributed by atoms with Crippen LogP contribution in [0.2, 0.25) is 0 Å². The summed E-state index contributed by atoms with van der Waals surface area (Å²) >= 11 is 0. The zero-order valence-corrected chi connectivity index (χ0v) is 18.3. The van der Waals surface area contributed by atoms with Crippen molar-refractivity contribution < 1.29 is 26.7 Å². The molecule has 3 aromatic rings. The second-order valence-corrected chi connectivity index (χ2v) is 9.76. The van der Waals surface area contributed by atoms with Crippen molar-refractivity contribution in [1.82, 2.24) is 4.98 Å². The van der Waals surface area contributed by atoms with Gasteiger partial charge in [-0.3, -0.25) is 9.52 Å². The number of fused-ring (bicyclic) bond motifs is 2. The van der Waals surface area contributed by atoms with Crippen LogP contribution in [0.15, 0.2) is 53.6 Å². The van der Waals surface area contributed by atoms with Crippen molar-refractivity contribution in [2.75, 3.05) is 17.1 Å². The molecule has 1 aliphatic heterocycles. The van der Waals surface area contributed by atoms with E-state index in [9.17, 15) is 22.0 Å². The second-order valence-electron chi connectivity index (χ2n) is 8.11. The zero-order chi connectivity index (χ0) is 23.4. The van der Waals surface area contributed by atoms with E-state index in [0.717, 1.165) is 18.6 Å². The van der Waals surface area contributed by atoms with Gasteiger partial charge in [0.25, 0.3) is 10.0 Å². The van der Waals surface area contributed by atoms with Crippen LogP contribution in [0, 0.1) is 11.6 Å². The van der Waals surface area contributed by atoms with Crippen molar-refractivity contribution in [1.29, 1.82) is 0 Å². The minimum absolute atomic E-state index is 0.129. The average molecular weight is 471 g/mol. The van der Waals surface area contributed by atoms with Crippen LogP contribution in [0.3, 0.4) is 0 Å². The molecule has 0 saturated heterocycles. The highest BCUT2D eigenvalue weighted by Gasteiger charge is 2.52. The maximum atomic E-state index is 14.2. The number of aromatic nitrogens is 1. The zero-order valence-electron chi connectivity index (χ0n) is 17.5. The van der Waals surface area contributed by atoms with E-state index in [1.165, 1.54) is 7.11 Å². The Morgan fingerprint density at radius 1 is 1.12 bits per heavy atom. The molecule has 10 heteroatoms. The summed E-state index contributed by atoms with van der Waals surface area (Å²) in [6.07, 6.45) is 3.73. The van der Waals surface area contributed by atoms with E-state index in [1.54, 1.807) is 30.5 Å². The first-order valence-electron chi connectivity index (χ1n) is 10.2. The summed E-state index contributed by atoms with van der Waals surface area (Å²) < 4.78 is 60.7. The van der Waals surface area contributed by atoms with Crippen molar-refractivity contribution in [2.24, 2.45) is 0 Å². The molecule has 33 heavy (non-hydrogen) atoms. The highest BCUT2D eigenvalue weighted by Crippen LogP contribution is 2.54. The van der Waals surface area contributed by atoms with Crippen molar-refractivity contribution in [2.45, 2.75) is 29.6 Å². The van der Waals surface area contributed by atoms with Gasteiger partial charge in [0, 0.05) is 35.1 Å². The number of pyridine rings is 1. The number of hydrogen-bond acceptors (Lipinski definition) is 5. The molecule has 170 valence electrons. The third-order valence-corrected chi connectivity index (χ3v) is 7.64. The minimum atomic E-state index is -4.36. The molecule has 2 aliphatic rings. The van der Waals surface area contributed by atoms with E-state index >= 15 is 0 Å². The molecule has 1 fully saturated rings. The summed E-state index contributed by atoms with van der Waals surface area (Å²) in [6.45, 7) is 0. The van der Waals surface area contributed by atoms with E-state index in [4.69, 9.17) is 4.74 Å². The van der Waals surface area contributed by atoms with Crippen molar-refractivity contribution in [3.8, 4) is 17.0 Å². The molecule has 1 aliphatic carbocycles. The van der Waals surface area contributed by atoms with Gasteiger partial charge in [0.1, 0.15) is 16.5 Å². The maximum absolute atomic E-state index is 14.2. The molecule has 0 atom stereocenters. The topological polar surface area (TPSA) is 97.4 Å². The number of carbonyl (C=O) groups excluding carboxylic acids is 1. The number of sulfonamides is 1. The number of halogens is 2. The van der Waals surface area contributed by atoms with Crippen LogP contribution in [-0.2, 0) is 20.2 Å². The summed E-state index contributed by atoms with van der Waals surface area (Å²) in [5.41, 5.74) is 1.93. The van der Waals surface area contributed by atoms with Crippen LogP contribution < -0.4 is 14.8 Å². The van der Waals surface area contributed by atoms with Gasteiger partial charge in [-0.25, -0.2) is 22.2 Å². The lowest BCUT2D eigenvalue weighted by Gasteiger charge is -2.36. The molecule has 2 aromatic carbocycles. The number of rotatable bonds is 5. The van der Waals surface area contributed by atoms with Crippen LogP contribution in [0.4, 0.5) is 20.2 Å². The normalized spacial score (nSPS) is 16.2. The lowest BCUT2D eigenvalue weighted by atomic mass is 9.65. The van der Waals surface area contributed by atoms with E-state index in [-0.39, 0.29) is 11.6 Å². The molecule has 5 rings (SSSR count). The predicted molar refractivity (Wildman–Crippen MR) is 118 cm³/mol. The minimum Gasteiger partial charge on any atom is -0.481 e. The third kappa shape index (κ3) is 3.41. The monoisotopic (exact) mass is 471 g/mol. The van der Waals surface area contributed by atoms with Crippen molar-refractivity contribution >= 4 is 27.3 Å². The lowest BCUT2D eigenvalue weighted by molar-refractivity contribution is -0.123. The smallest absolute Gasteiger partial charge is 0.264 e. The largest absolute Gasteiger partial charge is 0.481 e. The molecular weight excluding hydrogens is 452 g/mol. The van der Waals surface area contributed by atoms with Gasteiger partial charge in [-0.05, 0) is 48.7 Å². The summed E-state index contributed by atoms with van der Waals surface area (Å²) in [5, 5.41) is 2.95. The number of ether oxygens (including phenoxy) is 1. The molecule has 7 nitrogen and oxygen atoms in total. The number of hydrogen-bond donors (Lipinski definition) is 2. The SMILES string of the molecule is COc1ccc(-c2cc(NS(=O)(=O)c3ccc(F)cc3F)cc3c2NC(=O)C32CCC2)cn1. The molecule has 2 N–H and O–H groups in total. The Morgan fingerprint density at radius 3 is 2.52 bits per heavy atom. The average Bonchev–Trinajstić information content (AvgIpc) is 3.04. The number of carbonyl (C=O) groups is 1. The van der Waals surface area contributed by atoms with Crippen LogP contribution in [-0.4, -0.2) is 26.4 Å². The van der Waals surface area contributed by atoms with Gasteiger partial charge < -0.3 is 10.1 Å². The molecule has 1 saturated carbocycles. The van der Waals surface area contributed by atoms with Crippen molar-refractivity contribution in [3.63, 3.8) is 0 Å². The van der Waals surface area contributed by atoms with Gasteiger partial charge in [0.15, 0.2) is 0 Å². The van der Waals surface area contributed by atoms with Crippen LogP contribution >= 0.6 is 0 Å². The molecule has 1 aromatic heterocycles. The number of anilines is 2. The first kappa shape index (κ1) is 21.3. The van der Waals surface area contributed by atoms with E-state index in [2.05, 4.69) is 15.0 Å². The molecule has 1 amide bonds.